The van der Waals surface area contributed by atoms with Gasteiger partial charge in [-0.3, -0.25) is 0 Å². The minimum absolute atomic E-state index is 0.109. The summed E-state index contributed by atoms with van der Waals surface area (Å²) in [5.41, 5.74) is 12.7. The van der Waals surface area contributed by atoms with E-state index >= 15 is 0 Å². The Balaban J connectivity index is 3.18. The van der Waals surface area contributed by atoms with E-state index in [2.05, 4.69) is 0 Å². The number of methoxy groups -OCH3 is 1. The highest BCUT2D eigenvalue weighted by Crippen LogP contribution is 2.27. The van der Waals surface area contributed by atoms with E-state index in [-0.39, 0.29) is 6.61 Å². The van der Waals surface area contributed by atoms with Crippen molar-refractivity contribution in [1.29, 1.82) is 0 Å². The molecule has 0 heterocycles. The minimum atomic E-state index is -0.109. The largest absolute Gasteiger partial charge is 0.495 e. The minimum Gasteiger partial charge on any atom is -0.495 e. The van der Waals surface area contributed by atoms with E-state index < -0.39 is 0 Å². The second-order valence-corrected chi connectivity index (χ2v) is 2.45. The molecule has 4 nitrogen and oxygen atoms in total. The van der Waals surface area contributed by atoms with Gasteiger partial charge in [0.15, 0.2) is 0 Å². The lowest BCUT2D eigenvalue weighted by Gasteiger charge is -2.08. The smallest absolute Gasteiger partial charge is 0.142 e. The SMILES string of the molecule is COc1cc(CO)c(N)cc1N. The summed E-state index contributed by atoms with van der Waals surface area (Å²) in [6, 6.07) is 3.20. The summed E-state index contributed by atoms with van der Waals surface area (Å²) in [6.07, 6.45) is 0. The summed E-state index contributed by atoms with van der Waals surface area (Å²) in [7, 11) is 1.52. The van der Waals surface area contributed by atoms with Crippen molar-refractivity contribution in [1.82, 2.24) is 0 Å². The van der Waals surface area contributed by atoms with Gasteiger partial charge in [0, 0.05) is 11.3 Å². The molecule has 0 bridgehead atoms. The zero-order chi connectivity index (χ0) is 9.14. The van der Waals surface area contributed by atoms with Crippen LogP contribution in [0.2, 0.25) is 0 Å². The fraction of sp³-hybridized carbons (Fsp3) is 0.250. The quantitative estimate of drug-likeness (QED) is 0.556. The predicted octanol–water partition coefficient (Wildman–Crippen LogP) is 0.352. The average molecular weight is 168 g/mol. The van der Waals surface area contributed by atoms with Crippen molar-refractivity contribution in [2.24, 2.45) is 0 Å². The lowest BCUT2D eigenvalue weighted by molar-refractivity contribution is 0.282. The van der Waals surface area contributed by atoms with Crippen molar-refractivity contribution >= 4 is 11.4 Å². The third-order valence-electron chi connectivity index (χ3n) is 1.66. The maximum Gasteiger partial charge on any atom is 0.142 e. The van der Waals surface area contributed by atoms with Gasteiger partial charge >= 0.3 is 0 Å². The Labute approximate surface area is 70.7 Å². The Kier molecular flexibility index (Phi) is 2.40. The van der Waals surface area contributed by atoms with E-state index in [0.29, 0.717) is 22.7 Å². The Bertz CT molecular complexity index is 261. The normalized spacial score (nSPS) is 9.83. The molecule has 1 aromatic rings. The van der Waals surface area contributed by atoms with Crippen molar-refractivity contribution in [3.05, 3.63) is 17.7 Å². The predicted molar refractivity (Wildman–Crippen MR) is 47.7 cm³/mol. The van der Waals surface area contributed by atoms with Gasteiger partial charge in [-0.2, -0.15) is 0 Å². The first kappa shape index (κ1) is 8.67. The fourth-order valence-corrected chi connectivity index (χ4v) is 0.970. The van der Waals surface area contributed by atoms with Crippen LogP contribution in [0.1, 0.15) is 5.56 Å². The molecule has 0 atom stereocenters. The van der Waals surface area contributed by atoms with Crippen LogP contribution >= 0.6 is 0 Å². The van der Waals surface area contributed by atoms with Crippen LogP contribution in [0.4, 0.5) is 11.4 Å². The molecule has 0 aromatic heterocycles. The second kappa shape index (κ2) is 3.32. The molecular formula is C8H12N2O2. The molecule has 1 aromatic carbocycles. The molecule has 4 heteroatoms. The maximum absolute atomic E-state index is 8.85. The molecule has 0 radical (unpaired) electrons. The number of nitrogen functional groups attached to an aromatic ring is 2. The molecule has 0 spiro atoms. The van der Waals surface area contributed by atoms with Crippen LogP contribution in [0.5, 0.6) is 5.75 Å². The number of hydrogen-bond donors (Lipinski definition) is 3. The number of benzene rings is 1. The van der Waals surface area contributed by atoms with Crippen LogP contribution in [0, 0.1) is 0 Å². The van der Waals surface area contributed by atoms with Crippen molar-refractivity contribution < 1.29 is 9.84 Å². The van der Waals surface area contributed by atoms with Gasteiger partial charge in [0.05, 0.1) is 19.4 Å². The van der Waals surface area contributed by atoms with Gasteiger partial charge in [-0.15, -0.1) is 0 Å². The van der Waals surface area contributed by atoms with Crippen molar-refractivity contribution in [2.75, 3.05) is 18.6 Å². The third-order valence-corrected chi connectivity index (χ3v) is 1.66. The third kappa shape index (κ3) is 1.43. The molecule has 66 valence electrons. The van der Waals surface area contributed by atoms with Crippen LogP contribution in [-0.4, -0.2) is 12.2 Å². The first-order valence-corrected chi connectivity index (χ1v) is 3.51. The number of nitrogens with two attached hydrogens (primary N) is 2. The Morgan fingerprint density at radius 3 is 2.50 bits per heavy atom. The van der Waals surface area contributed by atoms with Crippen LogP contribution in [-0.2, 0) is 6.61 Å². The molecule has 0 aliphatic rings. The number of aliphatic hydroxyl groups is 1. The first-order valence-electron chi connectivity index (χ1n) is 3.51. The molecule has 0 saturated carbocycles. The molecule has 0 amide bonds. The van der Waals surface area contributed by atoms with E-state index in [0.717, 1.165) is 0 Å². The highest BCUT2D eigenvalue weighted by atomic mass is 16.5. The van der Waals surface area contributed by atoms with Gasteiger partial charge in [0.2, 0.25) is 0 Å². The summed E-state index contributed by atoms with van der Waals surface area (Å²) in [4.78, 5) is 0. The van der Waals surface area contributed by atoms with Gasteiger partial charge in [-0.05, 0) is 12.1 Å². The molecule has 0 unspecified atom stereocenters. The van der Waals surface area contributed by atoms with Crippen LogP contribution in [0.25, 0.3) is 0 Å². The first-order chi connectivity index (χ1) is 5.69. The van der Waals surface area contributed by atoms with Crippen LogP contribution in [0.3, 0.4) is 0 Å². The van der Waals surface area contributed by atoms with Gasteiger partial charge in [-0.25, -0.2) is 0 Å². The van der Waals surface area contributed by atoms with E-state index in [1.165, 1.54) is 7.11 Å². The zero-order valence-electron chi connectivity index (χ0n) is 6.87. The van der Waals surface area contributed by atoms with Gasteiger partial charge in [0.25, 0.3) is 0 Å². The number of ether oxygens (including phenoxy) is 1. The summed E-state index contributed by atoms with van der Waals surface area (Å²) in [5, 5.41) is 8.85. The fourth-order valence-electron chi connectivity index (χ4n) is 0.970. The van der Waals surface area contributed by atoms with Crippen LogP contribution < -0.4 is 16.2 Å². The molecule has 5 N–H and O–H groups in total. The summed E-state index contributed by atoms with van der Waals surface area (Å²) in [5.74, 6) is 0.535. The maximum atomic E-state index is 8.85. The van der Waals surface area contributed by atoms with E-state index in [9.17, 15) is 0 Å². The second-order valence-electron chi connectivity index (χ2n) is 2.45. The summed E-state index contributed by atoms with van der Waals surface area (Å²) >= 11 is 0. The van der Waals surface area contributed by atoms with E-state index in [4.69, 9.17) is 21.3 Å². The molecule has 12 heavy (non-hydrogen) atoms. The van der Waals surface area contributed by atoms with Gasteiger partial charge in [0.1, 0.15) is 5.75 Å². The van der Waals surface area contributed by atoms with Crippen molar-refractivity contribution in [3.63, 3.8) is 0 Å². The number of aliphatic hydroxyl groups excluding tert-OH is 1. The zero-order valence-corrected chi connectivity index (χ0v) is 6.87. The number of hydrogen-bond acceptors (Lipinski definition) is 4. The Hall–Kier alpha value is -1.42. The highest BCUT2D eigenvalue weighted by Gasteiger charge is 2.04. The monoisotopic (exact) mass is 168 g/mol. The highest BCUT2D eigenvalue weighted by molar-refractivity contribution is 5.64. The lowest BCUT2D eigenvalue weighted by Crippen LogP contribution is -1.99. The van der Waals surface area contributed by atoms with Gasteiger partial charge in [-0.1, -0.05) is 0 Å². The van der Waals surface area contributed by atoms with E-state index in [1.54, 1.807) is 12.1 Å². The van der Waals surface area contributed by atoms with Crippen LogP contribution in [0.15, 0.2) is 12.1 Å². The molecule has 1 rings (SSSR count). The average Bonchev–Trinajstić information content (AvgIpc) is 2.05. The lowest BCUT2D eigenvalue weighted by atomic mass is 10.1. The summed E-state index contributed by atoms with van der Waals surface area (Å²) < 4.78 is 4.95. The van der Waals surface area contributed by atoms with E-state index in [1.807, 2.05) is 0 Å². The van der Waals surface area contributed by atoms with Crippen molar-refractivity contribution in [2.45, 2.75) is 6.61 Å². The van der Waals surface area contributed by atoms with Crippen molar-refractivity contribution in [3.8, 4) is 5.75 Å². The number of anilines is 2. The standard InChI is InChI=1S/C8H12N2O2/c1-12-8-2-5(4-11)6(9)3-7(8)10/h2-3,11H,4,9-10H2,1H3. The molecule has 0 aliphatic carbocycles. The molecular weight excluding hydrogens is 156 g/mol. The topological polar surface area (TPSA) is 81.5 Å². The molecule has 0 fully saturated rings. The molecule has 0 aliphatic heterocycles. The Morgan fingerprint density at radius 2 is 2.00 bits per heavy atom. The molecule has 0 saturated heterocycles. The van der Waals surface area contributed by atoms with Gasteiger partial charge < -0.3 is 21.3 Å². The number of rotatable bonds is 2. The summed E-state index contributed by atoms with van der Waals surface area (Å²) in [6.45, 7) is -0.109. The Morgan fingerprint density at radius 1 is 1.33 bits per heavy atom.